The van der Waals surface area contributed by atoms with Crippen LogP contribution in [0, 0.1) is 5.92 Å². The Morgan fingerprint density at radius 2 is 1.76 bits per heavy atom. The Morgan fingerprint density at radius 1 is 1.02 bits per heavy atom. The molecule has 2 aliphatic rings. The summed E-state index contributed by atoms with van der Waals surface area (Å²) in [4.78, 5) is 42.1. The molecule has 1 aromatic carbocycles. The Morgan fingerprint density at radius 3 is 2.44 bits per heavy atom. The largest absolute Gasteiger partial charge is 0.493 e. The maximum absolute atomic E-state index is 13.3. The van der Waals surface area contributed by atoms with Crippen LogP contribution >= 0.6 is 0 Å². The van der Waals surface area contributed by atoms with E-state index < -0.39 is 42.5 Å². The number of nitrogens with one attached hydrogen (secondary N) is 1. The number of pyridine rings is 1. The number of esters is 2. The number of aliphatic hydroxyl groups is 1. The summed E-state index contributed by atoms with van der Waals surface area (Å²) >= 11 is 0. The van der Waals surface area contributed by atoms with E-state index in [9.17, 15) is 19.5 Å². The van der Waals surface area contributed by atoms with Crippen molar-refractivity contribution in [3.8, 4) is 17.2 Å². The minimum absolute atomic E-state index is 0.123. The summed E-state index contributed by atoms with van der Waals surface area (Å²) in [5.41, 5.74) is -0.173. The fraction of sp³-hybridized carbons (Fsp3) is 0.533. The Balaban J connectivity index is 1.54. The molecule has 1 saturated carbocycles. The minimum atomic E-state index is -1.43. The second-order valence-electron chi connectivity index (χ2n) is 10.4. The van der Waals surface area contributed by atoms with E-state index >= 15 is 0 Å². The molecule has 1 aromatic heterocycles. The normalized spacial score (nSPS) is 25.2. The summed E-state index contributed by atoms with van der Waals surface area (Å²) in [5, 5.41) is 13.8. The number of hydrogen-bond acceptors (Lipinski definition) is 10. The van der Waals surface area contributed by atoms with Crippen molar-refractivity contribution in [1.82, 2.24) is 10.3 Å². The molecule has 0 spiro atoms. The van der Waals surface area contributed by atoms with Gasteiger partial charge in [-0.15, -0.1) is 0 Å². The zero-order valence-electron chi connectivity index (χ0n) is 23.6. The van der Waals surface area contributed by atoms with E-state index in [1.54, 1.807) is 6.92 Å². The highest BCUT2D eigenvalue weighted by molar-refractivity contribution is 5.96. The summed E-state index contributed by atoms with van der Waals surface area (Å²) in [6.45, 7) is 2.92. The highest BCUT2D eigenvalue weighted by atomic mass is 16.6. The second-order valence-corrected chi connectivity index (χ2v) is 10.4. The first-order chi connectivity index (χ1) is 19.8. The van der Waals surface area contributed by atoms with Gasteiger partial charge < -0.3 is 34.1 Å². The van der Waals surface area contributed by atoms with Gasteiger partial charge in [0.2, 0.25) is 5.75 Å². The lowest BCUT2D eigenvalue weighted by atomic mass is 10.0. The van der Waals surface area contributed by atoms with Crippen molar-refractivity contribution in [3.05, 3.63) is 48.3 Å². The van der Waals surface area contributed by atoms with Crippen LogP contribution in [0.2, 0.25) is 0 Å². The molecule has 2 N–H and O–H groups in total. The van der Waals surface area contributed by atoms with Crippen molar-refractivity contribution in [2.75, 3.05) is 7.11 Å². The van der Waals surface area contributed by atoms with Crippen molar-refractivity contribution in [1.29, 1.82) is 0 Å². The van der Waals surface area contributed by atoms with E-state index in [0.29, 0.717) is 25.0 Å². The Bertz CT molecular complexity index is 1190. The van der Waals surface area contributed by atoms with Crippen LogP contribution in [0.1, 0.15) is 69.3 Å². The standard InChI is InChI=1S/C30H38N2O9/c1-18-26(41-29(35)20-10-7-8-11-20)24(40-21-12-5-4-6-13-21)15-9-14-22(30(36)38-18)32-28(34)25-27(39-19(2)33)23(37-3)16-17-31-25/h4-6,12-13,16-18,20,22,24,26,30,36H,7-11,14-15H2,1-3H3,(H,32,34). The molecule has 0 bridgehead atoms. The van der Waals surface area contributed by atoms with Gasteiger partial charge in [-0.25, -0.2) is 4.98 Å². The number of rotatable bonds is 8. The molecule has 11 nitrogen and oxygen atoms in total. The van der Waals surface area contributed by atoms with Gasteiger partial charge in [0.1, 0.15) is 11.9 Å². The van der Waals surface area contributed by atoms with E-state index in [0.717, 1.165) is 25.7 Å². The first kappa shape index (κ1) is 30.3. The van der Waals surface area contributed by atoms with Gasteiger partial charge in [0, 0.05) is 19.2 Å². The zero-order chi connectivity index (χ0) is 29.4. The van der Waals surface area contributed by atoms with Crippen LogP contribution in [0.5, 0.6) is 17.2 Å². The quantitative estimate of drug-likeness (QED) is 0.452. The predicted octanol–water partition coefficient (Wildman–Crippen LogP) is 3.57. The smallest absolute Gasteiger partial charge is 0.309 e. The van der Waals surface area contributed by atoms with Crippen LogP contribution < -0.4 is 19.5 Å². The molecule has 2 heterocycles. The van der Waals surface area contributed by atoms with Gasteiger partial charge in [-0.1, -0.05) is 31.0 Å². The SMILES string of the molecule is COc1ccnc(C(=O)NC2CCCC(Oc3ccccc3)C(OC(=O)C3CCCC3)C(C)OC2O)c1OC(C)=O. The van der Waals surface area contributed by atoms with E-state index in [4.69, 9.17) is 23.7 Å². The fourth-order valence-corrected chi connectivity index (χ4v) is 5.28. The predicted molar refractivity (Wildman–Crippen MR) is 146 cm³/mol. The molecule has 4 rings (SSSR count). The number of para-hydroxylation sites is 1. The minimum Gasteiger partial charge on any atom is -0.493 e. The topological polar surface area (TPSA) is 143 Å². The van der Waals surface area contributed by atoms with Gasteiger partial charge in [-0.2, -0.15) is 0 Å². The van der Waals surface area contributed by atoms with Crippen LogP contribution in [0.25, 0.3) is 0 Å². The number of ether oxygens (including phenoxy) is 5. The molecule has 0 radical (unpaired) electrons. The molecule has 222 valence electrons. The molecule has 1 aliphatic heterocycles. The molecule has 41 heavy (non-hydrogen) atoms. The van der Waals surface area contributed by atoms with E-state index in [2.05, 4.69) is 10.3 Å². The average Bonchev–Trinajstić information content (AvgIpc) is 3.51. The number of carbonyl (C=O) groups is 3. The van der Waals surface area contributed by atoms with Crippen molar-refractivity contribution in [2.24, 2.45) is 5.92 Å². The molecule has 11 heteroatoms. The van der Waals surface area contributed by atoms with Crippen LogP contribution in [0.3, 0.4) is 0 Å². The summed E-state index contributed by atoms with van der Waals surface area (Å²) in [7, 11) is 1.38. The fourth-order valence-electron chi connectivity index (χ4n) is 5.28. The molecule has 2 aromatic rings. The third-order valence-electron chi connectivity index (χ3n) is 7.37. The van der Waals surface area contributed by atoms with Gasteiger partial charge in [0.25, 0.3) is 5.91 Å². The van der Waals surface area contributed by atoms with Crippen molar-refractivity contribution < 1.29 is 43.2 Å². The number of aliphatic hydroxyl groups excluding tert-OH is 1. The second kappa shape index (κ2) is 14.3. The monoisotopic (exact) mass is 570 g/mol. The Kier molecular flexibility index (Phi) is 10.5. The third kappa shape index (κ3) is 7.95. The van der Waals surface area contributed by atoms with Crippen LogP contribution in [0.4, 0.5) is 0 Å². The van der Waals surface area contributed by atoms with Crippen molar-refractivity contribution >= 4 is 17.8 Å². The van der Waals surface area contributed by atoms with Crippen molar-refractivity contribution in [2.45, 2.75) is 89.4 Å². The van der Waals surface area contributed by atoms with E-state index in [-0.39, 0.29) is 29.1 Å². The Labute approximate surface area is 239 Å². The van der Waals surface area contributed by atoms with Crippen LogP contribution in [0.15, 0.2) is 42.6 Å². The first-order valence-electron chi connectivity index (χ1n) is 14.0. The van der Waals surface area contributed by atoms with Gasteiger partial charge in [0.05, 0.1) is 25.2 Å². The molecular formula is C30H38N2O9. The van der Waals surface area contributed by atoms with Crippen LogP contribution in [-0.2, 0) is 19.1 Å². The average molecular weight is 571 g/mol. The van der Waals surface area contributed by atoms with Crippen LogP contribution in [-0.4, -0.2) is 65.7 Å². The molecule has 5 atom stereocenters. The number of amides is 1. The molecule has 1 saturated heterocycles. The summed E-state index contributed by atoms with van der Waals surface area (Å²) in [6, 6.07) is 9.87. The molecule has 1 amide bonds. The number of nitrogens with zero attached hydrogens (tertiary/aromatic N) is 1. The molecule has 1 aliphatic carbocycles. The summed E-state index contributed by atoms with van der Waals surface area (Å²) in [6.07, 6.45) is 2.69. The lowest BCUT2D eigenvalue weighted by Crippen LogP contribution is -2.49. The van der Waals surface area contributed by atoms with Crippen molar-refractivity contribution in [3.63, 3.8) is 0 Å². The molecular weight excluding hydrogens is 532 g/mol. The molecule has 5 unspecified atom stereocenters. The number of aromatic nitrogens is 1. The first-order valence-corrected chi connectivity index (χ1v) is 14.0. The maximum Gasteiger partial charge on any atom is 0.309 e. The Hall–Kier alpha value is -3.70. The summed E-state index contributed by atoms with van der Waals surface area (Å²) < 4.78 is 28.7. The maximum atomic E-state index is 13.3. The lowest BCUT2D eigenvalue weighted by molar-refractivity contribution is -0.198. The third-order valence-corrected chi connectivity index (χ3v) is 7.37. The number of carbonyl (C=O) groups excluding carboxylic acids is 3. The van der Waals surface area contributed by atoms with Gasteiger partial charge >= 0.3 is 11.9 Å². The number of benzene rings is 1. The van der Waals surface area contributed by atoms with Gasteiger partial charge in [-0.3, -0.25) is 14.4 Å². The van der Waals surface area contributed by atoms with E-state index in [1.165, 1.54) is 26.3 Å². The van der Waals surface area contributed by atoms with E-state index in [1.807, 2.05) is 30.3 Å². The highest BCUT2D eigenvalue weighted by Crippen LogP contribution is 2.32. The zero-order valence-corrected chi connectivity index (χ0v) is 23.6. The molecule has 2 fully saturated rings. The summed E-state index contributed by atoms with van der Waals surface area (Å²) in [5.74, 6) is -1.11. The number of methoxy groups -OCH3 is 1. The lowest BCUT2D eigenvalue weighted by Gasteiger charge is -2.33. The number of hydrogen-bond donors (Lipinski definition) is 2. The highest BCUT2D eigenvalue weighted by Gasteiger charge is 2.39. The van der Waals surface area contributed by atoms with Gasteiger partial charge in [0.15, 0.2) is 23.8 Å². The van der Waals surface area contributed by atoms with Gasteiger partial charge in [-0.05, 0) is 51.2 Å².